The maximum absolute atomic E-state index is 11.9. The highest BCUT2D eigenvalue weighted by atomic mass is 16.4. The summed E-state index contributed by atoms with van der Waals surface area (Å²) in [6.07, 6.45) is 4.19. The zero-order valence-corrected chi connectivity index (χ0v) is 12.5. The number of likely N-dealkylation sites (N-methyl/N-ethyl adjacent to an activating group) is 1. The van der Waals surface area contributed by atoms with Crippen LogP contribution < -0.4 is 10.6 Å². The van der Waals surface area contributed by atoms with E-state index in [0.29, 0.717) is 12.6 Å². The molecule has 2 fully saturated rings. The van der Waals surface area contributed by atoms with Gasteiger partial charge >= 0.3 is 12.0 Å². The largest absolute Gasteiger partial charge is 0.480 e. The third-order valence-corrected chi connectivity index (χ3v) is 4.59. The first-order valence-electron chi connectivity index (χ1n) is 7.36. The van der Waals surface area contributed by atoms with Gasteiger partial charge in [0.25, 0.3) is 0 Å². The molecule has 2 aliphatic rings. The second-order valence-corrected chi connectivity index (χ2v) is 6.36. The van der Waals surface area contributed by atoms with Gasteiger partial charge in [0, 0.05) is 18.6 Å². The van der Waals surface area contributed by atoms with Gasteiger partial charge in [-0.05, 0) is 52.5 Å². The average Bonchev–Trinajstić information content (AvgIpc) is 3.26. The molecule has 2 unspecified atom stereocenters. The number of amides is 2. The molecule has 2 atom stereocenters. The van der Waals surface area contributed by atoms with Crippen LogP contribution in [0.1, 0.15) is 39.5 Å². The minimum absolute atomic E-state index is 0.0531. The average molecular weight is 283 g/mol. The molecule has 2 aliphatic carbocycles. The molecular formula is C14H25N3O3. The first-order chi connectivity index (χ1) is 9.34. The molecule has 0 radical (unpaired) electrons. The van der Waals surface area contributed by atoms with Gasteiger partial charge < -0.3 is 15.7 Å². The van der Waals surface area contributed by atoms with Crippen molar-refractivity contribution in [2.45, 2.75) is 57.2 Å². The molecule has 0 aliphatic heterocycles. The van der Waals surface area contributed by atoms with Crippen molar-refractivity contribution in [1.29, 1.82) is 0 Å². The lowest BCUT2D eigenvalue weighted by Crippen LogP contribution is -2.57. The lowest BCUT2D eigenvalue weighted by molar-refractivity contribution is -0.144. The van der Waals surface area contributed by atoms with Crippen molar-refractivity contribution in [2.75, 3.05) is 13.6 Å². The highest BCUT2D eigenvalue weighted by Gasteiger charge is 2.48. The summed E-state index contributed by atoms with van der Waals surface area (Å²) in [5, 5.41) is 14.7. The molecule has 0 heterocycles. The highest BCUT2D eigenvalue weighted by Crippen LogP contribution is 2.39. The van der Waals surface area contributed by atoms with Crippen LogP contribution in [0.3, 0.4) is 0 Å². The van der Waals surface area contributed by atoms with E-state index in [0.717, 1.165) is 12.8 Å². The van der Waals surface area contributed by atoms with Crippen LogP contribution in [0.25, 0.3) is 0 Å². The Kier molecular flexibility index (Phi) is 4.22. The van der Waals surface area contributed by atoms with E-state index in [-0.39, 0.29) is 12.0 Å². The van der Waals surface area contributed by atoms with Gasteiger partial charge in [0.1, 0.15) is 5.54 Å². The van der Waals surface area contributed by atoms with Gasteiger partial charge in [-0.1, -0.05) is 0 Å². The summed E-state index contributed by atoms with van der Waals surface area (Å²) in [4.78, 5) is 25.5. The van der Waals surface area contributed by atoms with Crippen molar-refractivity contribution < 1.29 is 14.7 Å². The molecule has 0 spiro atoms. The van der Waals surface area contributed by atoms with Crippen LogP contribution in [0.4, 0.5) is 4.79 Å². The number of aliphatic carboxylic acids is 1. The third kappa shape index (κ3) is 3.42. The van der Waals surface area contributed by atoms with Gasteiger partial charge in [-0.15, -0.1) is 0 Å². The van der Waals surface area contributed by atoms with Crippen molar-refractivity contribution in [3.05, 3.63) is 0 Å². The number of carboxylic acid groups (broad SMARTS) is 1. The molecule has 6 heteroatoms. The predicted octanol–water partition coefficient (Wildman–Crippen LogP) is 1.02. The monoisotopic (exact) mass is 283 g/mol. The first-order valence-corrected chi connectivity index (χ1v) is 7.36. The predicted molar refractivity (Wildman–Crippen MR) is 75.5 cm³/mol. The van der Waals surface area contributed by atoms with Crippen molar-refractivity contribution in [3.8, 4) is 0 Å². The number of nitrogens with zero attached hydrogens (tertiary/aromatic N) is 1. The number of hydrogen-bond donors (Lipinski definition) is 3. The lowest BCUT2D eigenvalue weighted by Gasteiger charge is -2.28. The molecule has 2 rings (SSSR count). The van der Waals surface area contributed by atoms with Crippen LogP contribution in [-0.4, -0.2) is 53.2 Å². The Morgan fingerprint density at radius 1 is 1.35 bits per heavy atom. The molecule has 114 valence electrons. The topological polar surface area (TPSA) is 81.7 Å². The van der Waals surface area contributed by atoms with Crippen LogP contribution in [0, 0.1) is 5.92 Å². The molecule has 0 bridgehead atoms. The zero-order valence-electron chi connectivity index (χ0n) is 12.5. The molecular weight excluding hydrogens is 258 g/mol. The summed E-state index contributed by atoms with van der Waals surface area (Å²) < 4.78 is 0. The van der Waals surface area contributed by atoms with Gasteiger partial charge in [0.15, 0.2) is 0 Å². The van der Waals surface area contributed by atoms with Gasteiger partial charge in [-0.25, -0.2) is 9.59 Å². The van der Waals surface area contributed by atoms with Gasteiger partial charge in [0.05, 0.1) is 0 Å². The summed E-state index contributed by atoms with van der Waals surface area (Å²) in [6.45, 7) is 4.18. The van der Waals surface area contributed by atoms with E-state index < -0.39 is 17.5 Å². The van der Waals surface area contributed by atoms with E-state index in [1.54, 1.807) is 6.92 Å². The second kappa shape index (κ2) is 5.60. The number of hydrogen-bond acceptors (Lipinski definition) is 3. The summed E-state index contributed by atoms with van der Waals surface area (Å²) in [5.74, 6) is -0.907. The number of carbonyl (C=O) groups is 2. The van der Waals surface area contributed by atoms with Gasteiger partial charge in [0.2, 0.25) is 0 Å². The molecule has 0 aromatic heterocycles. The normalized spacial score (nSPS) is 23.0. The Balaban J connectivity index is 1.78. The number of carboxylic acids is 1. The van der Waals surface area contributed by atoms with Crippen molar-refractivity contribution >= 4 is 12.0 Å². The van der Waals surface area contributed by atoms with Crippen LogP contribution in [0.15, 0.2) is 0 Å². The summed E-state index contributed by atoms with van der Waals surface area (Å²) >= 11 is 0. The minimum atomic E-state index is -1.14. The van der Waals surface area contributed by atoms with Crippen LogP contribution >= 0.6 is 0 Å². The molecule has 0 saturated heterocycles. The maximum Gasteiger partial charge on any atom is 0.329 e. The summed E-state index contributed by atoms with van der Waals surface area (Å²) in [6, 6.07) is 0.508. The van der Waals surface area contributed by atoms with Crippen molar-refractivity contribution in [2.24, 2.45) is 5.92 Å². The molecule has 2 saturated carbocycles. The minimum Gasteiger partial charge on any atom is -0.480 e. The Labute approximate surface area is 119 Å². The zero-order chi connectivity index (χ0) is 14.9. The Hall–Kier alpha value is -1.30. The fourth-order valence-electron chi connectivity index (χ4n) is 2.50. The standard InChI is InChI=1S/C14H25N3O3/c1-9(17(3)11-6-7-11)8-15-13(20)16-14(2,12(18)19)10-4-5-10/h9-11H,4-8H2,1-3H3,(H,18,19)(H2,15,16,20). The summed E-state index contributed by atoms with van der Waals surface area (Å²) in [5.41, 5.74) is -1.14. The van der Waals surface area contributed by atoms with E-state index in [9.17, 15) is 14.7 Å². The first kappa shape index (κ1) is 15.1. The number of nitrogens with one attached hydrogen (secondary N) is 2. The second-order valence-electron chi connectivity index (χ2n) is 6.36. The SMILES string of the molecule is CC(CNC(=O)NC(C)(C(=O)O)C1CC1)N(C)C1CC1. The lowest BCUT2D eigenvalue weighted by atomic mass is 9.96. The van der Waals surface area contributed by atoms with E-state index in [2.05, 4.69) is 29.5 Å². The van der Waals surface area contributed by atoms with E-state index in [1.807, 2.05) is 0 Å². The fourth-order valence-corrected chi connectivity index (χ4v) is 2.50. The quantitative estimate of drug-likeness (QED) is 0.651. The van der Waals surface area contributed by atoms with Gasteiger partial charge in [-0.2, -0.15) is 0 Å². The van der Waals surface area contributed by atoms with E-state index >= 15 is 0 Å². The molecule has 0 aromatic rings. The Bertz CT molecular complexity index is 393. The van der Waals surface area contributed by atoms with E-state index in [4.69, 9.17) is 0 Å². The smallest absolute Gasteiger partial charge is 0.329 e. The molecule has 3 N–H and O–H groups in total. The molecule has 6 nitrogen and oxygen atoms in total. The number of urea groups is 1. The van der Waals surface area contributed by atoms with Gasteiger partial charge in [-0.3, -0.25) is 4.90 Å². The maximum atomic E-state index is 11.9. The van der Waals surface area contributed by atoms with Crippen molar-refractivity contribution in [1.82, 2.24) is 15.5 Å². The highest BCUT2D eigenvalue weighted by molar-refractivity contribution is 5.86. The van der Waals surface area contributed by atoms with E-state index in [1.165, 1.54) is 12.8 Å². The Morgan fingerprint density at radius 3 is 2.40 bits per heavy atom. The Morgan fingerprint density at radius 2 is 1.95 bits per heavy atom. The van der Waals surface area contributed by atoms with Crippen LogP contribution in [0.5, 0.6) is 0 Å². The van der Waals surface area contributed by atoms with Crippen LogP contribution in [-0.2, 0) is 4.79 Å². The number of rotatable bonds is 7. The summed E-state index contributed by atoms with van der Waals surface area (Å²) in [7, 11) is 2.06. The molecule has 0 aromatic carbocycles. The molecule has 2 amide bonds. The molecule has 20 heavy (non-hydrogen) atoms. The fraction of sp³-hybridized carbons (Fsp3) is 0.857. The third-order valence-electron chi connectivity index (χ3n) is 4.59. The number of carbonyl (C=O) groups excluding carboxylic acids is 1. The van der Waals surface area contributed by atoms with Crippen molar-refractivity contribution in [3.63, 3.8) is 0 Å². The van der Waals surface area contributed by atoms with Crippen LogP contribution in [0.2, 0.25) is 0 Å².